The van der Waals surface area contributed by atoms with Crippen molar-refractivity contribution in [2.75, 3.05) is 13.1 Å². The molecule has 1 fully saturated rings. The van der Waals surface area contributed by atoms with E-state index in [1.807, 2.05) is 12.1 Å². The summed E-state index contributed by atoms with van der Waals surface area (Å²) >= 11 is 0. The minimum atomic E-state index is -0.165. The van der Waals surface area contributed by atoms with E-state index in [1.54, 1.807) is 12.1 Å². The minimum absolute atomic E-state index is 0.126. The fourth-order valence-corrected chi connectivity index (χ4v) is 2.87. The Morgan fingerprint density at radius 3 is 2.42 bits per heavy atom. The lowest BCUT2D eigenvalue weighted by molar-refractivity contribution is 0.274. The number of hydrogen-bond acceptors (Lipinski definition) is 1. The molecule has 3 rings (SSSR count). The van der Waals surface area contributed by atoms with E-state index < -0.39 is 0 Å². The largest absolute Gasteiger partial charge is 0.315 e. The third-order valence-electron chi connectivity index (χ3n) is 4.01. The lowest BCUT2D eigenvalue weighted by Gasteiger charge is -2.43. The van der Waals surface area contributed by atoms with Crippen LogP contribution in [0.15, 0.2) is 48.5 Å². The summed E-state index contributed by atoms with van der Waals surface area (Å²) in [7, 11) is 0. The van der Waals surface area contributed by atoms with E-state index in [2.05, 4.69) is 36.5 Å². The molecule has 0 amide bonds. The Kier molecular flexibility index (Phi) is 3.11. The van der Waals surface area contributed by atoms with Gasteiger partial charge >= 0.3 is 0 Å². The van der Waals surface area contributed by atoms with Crippen LogP contribution in [0.2, 0.25) is 0 Å². The summed E-state index contributed by atoms with van der Waals surface area (Å²) in [6.45, 7) is 4.05. The molecule has 0 radical (unpaired) electrons. The number of aryl methyl sites for hydroxylation is 1. The van der Waals surface area contributed by atoms with E-state index >= 15 is 0 Å². The van der Waals surface area contributed by atoms with Gasteiger partial charge in [-0.3, -0.25) is 0 Å². The summed E-state index contributed by atoms with van der Waals surface area (Å²) in [6, 6.07) is 15.6. The highest BCUT2D eigenvalue weighted by Gasteiger charge is 2.38. The predicted molar refractivity (Wildman–Crippen MR) is 75.8 cm³/mol. The van der Waals surface area contributed by atoms with Crippen LogP contribution in [0.4, 0.5) is 4.39 Å². The Hall–Kier alpha value is -1.67. The van der Waals surface area contributed by atoms with Crippen LogP contribution in [0.1, 0.15) is 16.7 Å². The fraction of sp³-hybridized carbons (Fsp3) is 0.294. The summed E-state index contributed by atoms with van der Waals surface area (Å²) in [5.74, 6) is -0.165. The van der Waals surface area contributed by atoms with E-state index in [4.69, 9.17) is 0 Å². The van der Waals surface area contributed by atoms with Crippen LogP contribution >= 0.6 is 0 Å². The van der Waals surface area contributed by atoms with Gasteiger partial charge in [0.25, 0.3) is 0 Å². The second-order valence-electron chi connectivity index (χ2n) is 5.56. The first-order chi connectivity index (χ1) is 9.18. The Labute approximate surface area is 113 Å². The van der Waals surface area contributed by atoms with Crippen molar-refractivity contribution in [1.29, 1.82) is 0 Å². The van der Waals surface area contributed by atoms with Gasteiger partial charge in [-0.2, -0.15) is 0 Å². The molecule has 1 heterocycles. The zero-order chi connectivity index (χ0) is 13.3. The highest BCUT2D eigenvalue weighted by atomic mass is 19.1. The Bertz CT molecular complexity index is 570. The monoisotopic (exact) mass is 255 g/mol. The first kappa shape index (κ1) is 12.4. The Morgan fingerprint density at radius 2 is 1.84 bits per heavy atom. The van der Waals surface area contributed by atoms with Crippen molar-refractivity contribution in [2.24, 2.45) is 0 Å². The molecular formula is C17H18FN. The molecule has 1 aliphatic heterocycles. The molecule has 2 aromatic carbocycles. The van der Waals surface area contributed by atoms with E-state index in [0.717, 1.165) is 19.5 Å². The van der Waals surface area contributed by atoms with Gasteiger partial charge in [-0.05, 0) is 36.6 Å². The zero-order valence-corrected chi connectivity index (χ0v) is 11.1. The van der Waals surface area contributed by atoms with Gasteiger partial charge in [0.05, 0.1) is 0 Å². The SMILES string of the molecule is Cc1cccc(CC2(c3ccc(F)cc3)CNC2)c1. The van der Waals surface area contributed by atoms with Crippen LogP contribution in [0.3, 0.4) is 0 Å². The van der Waals surface area contributed by atoms with Gasteiger partial charge in [0.2, 0.25) is 0 Å². The maximum Gasteiger partial charge on any atom is 0.123 e. The quantitative estimate of drug-likeness (QED) is 0.888. The molecule has 1 saturated heterocycles. The maximum atomic E-state index is 13.1. The van der Waals surface area contributed by atoms with Crippen LogP contribution in [0, 0.1) is 12.7 Å². The second kappa shape index (κ2) is 4.78. The molecule has 0 unspecified atom stereocenters. The van der Waals surface area contributed by atoms with Gasteiger partial charge in [-0.15, -0.1) is 0 Å². The smallest absolute Gasteiger partial charge is 0.123 e. The highest BCUT2D eigenvalue weighted by Crippen LogP contribution is 2.32. The molecule has 0 aliphatic carbocycles. The summed E-state index contributed by atoms with van der Waals surface area (Å²) in [5, 5.41) is 3.36. The van der Waals surface area contributed by atoms with Crippen LogP contribution in [0.25, 0.3) is 0 Å². The van der Waals surface area contributed by atoms with Crippen molar-refractivity contribution in [2.45, 2.75) is 18.8 Å². The third-order valence-corrected chi connectivity index (χ3v) is 4.01. The molecule has 1 N–H and O–H groups in total. The Morgan fingerprint density at radius 1 is 1.11 bits per heavy atom. The predicted octanol–water partition coefficient (Wildman–Crippen LogP) is 3.22. The molecule has 19 heavy (non-hydrogen) atoms. The topological polar surface area (TPSA) is 12.0 Å². The molecule has 0 saturated carbocycles. The first-order valence-corrected chi connectivity index (χ1v) is 6.70. The lowest BCUT2D eigenvalue weighted by Crippen LogP contribution is -2.58. The van der Waals surface area contributed by atoms with Crippen LogP contribution in [-0.4, -0.2) is 13.1 Å². The average molecular weight is 255 g/mol. The maximum absolute atomic E-state index is 13.1. The van der Waals surface area contributed by atoms with Crippen LogP contribution in [-0.2, 0) is 11.8 Å². The lowest BCUT2D eigenvalue weighted by atomic mass is 9.71. The molecule has 0 spiro atoms. The van der Waals surface area contributed by atoms with E-state index in [9.17, 15) is 4.39 Å². The summed E-state index contributed by atoms with van der Waals surface area (Å²) in [5.41, 5.74) is 4.00. The number of nitrogens with one attached hydrogen (secondary N) is 1. The standard InChI is InChI=1S/C17H18FN/c1-13-3-2-4-14(9-13)10-17(11-19-12-17)15-5-7-16(18)8-6-15/h2-9,19H,10-12H2,1H3. The molecule has 0 bridgehead atoms. The summed E-state index contributed by atoms with van der Waals surface area (Å²) in [6.07, 6.45) is 1.01. The van der Waals surface area contributed by atoms with Gasteiger partial charge in [-0.1, -0.05) is 42.0 Å². The van der Waals surface area contributed by atoms with E-state index in [1.165, 1.54) is 16.7 Å². The van der Waals surface area contributed by atoms with Crippen molar-refractivity contribution < 1.29 is 4.39 Å². The van der Waals surface area contributed by atoms with Gasteiger partial charge in [0, 0.05) is 18.5 Å². The van der Waals surface area contributed by atoms with E-state index in [0.29, 0.717) is 0 Å². The molecular weight excluding hydrogens is 237 g/mol. The van der Waals surface area contributed by atoms with Crippen LogP contribution < -0.4 is 5.32 Å². The molecule has 2 heteroatoms. The average Bonchev–Trinajstić information content (AvgIpc) is 2.35. The number of hydrogen-bond donors (Lipinski definition) is 1. The Balaban J connectivity index is 1.89. The minimum Gasteiger partial charge on any atom is -0.315 e. The van der Waals surface area contributed by atoms with Gasteiger partial charge < -0.3 is 5.32 Å². The van der Waals surface area contributed by atoms with Gasteiger partial charge in [0.1, 0.15) is 5.82 Å². The van der Waals surface area contributed by atoms with Crippen molar-refractivity contribution in [3.63, 3.8) is 0 Å². The van der Waals surface area contributed by atoms with Crippen molar-refractivity contribution in [1.82, 2.24) is 5.32 Å². The molecule has 2 aromatic rings. The van der Waals surface area contributed by atoms with Crippen LogP contribution in [0.5, 0.6) is 0 Å². The third kappa shape index (κ3) is 2.41. The number of halogens is 1. The van der Waals surface area contributed by atoms with Gasteiger partial charge in [0.15, 0.2) is 0 Å². The number of rotatable bonds is 3. The summed E-state index contributed by atoms with van der Waals surface area (Å²) < 4.78 is 13.1. The molecule has 98 valence electrons. The van der Waals surface area contributed by atoms with Crippen molar-refractivity contribution >= 4 is 0 Å². The molecule has 0 aromatic heterocycles. The molecule has 1 nitrogen and oxygen atoms in total. The number of benzene rings is 2. The van der Waals surface area contributed by atoms with Crippen molar-refractivity contribution in [3.05, 3.63) is 71.0 Å². The zero-order valence-electron chi connectivity index (χ0n) is 11.1. The van der Waals surface area contributed by atoms with Crippen molar-refractivity contribution in [3.8, 4) is 0 Å². The first-order valence-electron chi connectivity index (χ1n) is 6.70. The highest BCUT2D eigenvalue weighted by molar-refractivity contribution is 5.34. The van der Waals surface area contributed by atoms with E-state index in [-0.39, 0.29) is 11.2 Å². The fourth-order valence-electron chi connectivity index (χ4n) is 2.87. The normalized spacial score (nSPS) is 16.9. The second-order valence-corrected chi connectivity index (χ2v) is 5.56. The summed E-state index contributed by atoms with van der Waals surface area (Å²) in [4.78, 5) is 0. The molecule has 1 aliphatic rings. The molecule has 0 atom stereocenters. The van der Waals surface area contributed by atoms with Gasteiger partial charge in [-0.25, -0.2) is 4.39 Å².